The maximum Gasteiger partial charge on any atom is 0.279 e. The Hall–Kier alpha value is -2.63. The van der Waals surface area contributed by atoms with Crippen molar-refractivity contribution in [3.05, 3.63) is 47.3 Å². The van der Waals surface area contributed by atoms with Gasteiger partial charge in [0.1, 0.15) is 5.75 Å². The van der Waals surface area contributed by atoms with Crippen LogP contribution < -0.4 is 15.6 Å². The molecule has 0 radical (unpaired) electrons. The van der Waals surface area contributed by atoms with Gasteiger partial charge in [0, 0.05) is 12.1 Å². The summed E-state index contributed by atoms with van der Waals surface area (Å²) < 4.78 is 5.06. The molecule has 2 rings (SSSR count). The van der Waals surface area contributed by atoms with Crippen LogP contribution in [-0.2, 0) is 0 Å². The largest absolute Gasteiger partial charge is 0.497 e. The van der Waals surface area contributed by atoms with Gasteiger partial charge in [-0.2, -0.15) is 0 Å². The highest BCUT2D eigenvalue weighted by atomic mass is 16.5. The second-order valence-electron chi connectivity index (χ2n) is 3.75. The molecule has 6 nitrogen and oxygen atoms in total. The van der Waals surface area contributed by atoms with Gasteiger partial charge in [-0.15, -0.1) is 16.8 Å². The van der Waals surface area contributed by atoms with Gasteiger partial charge < -0.3 is 10.1 Å². The second kappa shape index (κ2) is 5.81. The molecule has 1 aromatic carbocycles. The lowest BCUT2D eigenvalue weighted by molar-refractivity contribution is 0.415. The van der Waals surface area contributed by atoms with Crippen LogP contribution in [0.15, 0.2) is 41.7 Å². The van der Waals surface area contributed by atoms with Crippen molar-refractivity contribution in [2.45, 2.75) is 0 Å². The molecule has 0 bridgehead atoms. The van der Waals surface area contributed by atoms with Crippen LogP contribution in [0.25, 0.3) is 11.3 Å². The first-order chi connectivity index (χ1) is 9.24. The van der Waals surface area contributed by atoms with E-state index < -0.39 is 0 Å². The van der Waals surface area contributed by atoms with Crippen molar-refractivity contribution < 1.29 is 4.74 Å². The van der Waals surface area contributed by atoms with E-state index in [2.05, 4.69) is 27.1 Å². The lowest BCUT2D eigenvalue weighted by Crippen LogP contribution is -2.16. The van der Waals surface area contributed by atoms with Gasteiger partial charge >= 0.3 is 0 Å². The van der Waals surface area contributed by atoms with Crippen molar-refractivity contribution in [3.63, 3.8) is 0 Å². The molecule has 0 unspecified atom stereocenters. The molecule has 1 aromatic heterocycles. The maximum absolute atomic E-state index is 11.9. The quantitative estimate of drug-likeness (QED) is 0.793. The van der Waals surface area contributed by atoms with Crippen molar-refractivity contribution in [2.75, 3.05) is 19.0 Å². The van der Waals surface area contributed by atoms with Gasteiger partial charge in [0.05, 0.1) is 7.11 Å². The molecule has 0 saturated carbocycles. The molecule has 0 saturated heterocycles. The van der Waals surface area contributed by atoms with Crippen molar-refractivity contribution in [1.82, 2.24) is 15.2 Å². The Morgan fingerprint density at radius 2 is 2.11 bits per heavy atom. The van der Waals surface area contributed by atoms with Crippen LogP contribution in [0.5, 0.6) is 5.75 Å². The fourth-order valence-electron chi connectivity index (χ4n) is 1.52. The molecule has 2 aromatic rings. The minimum atomic E-state index is -0.299. The van der Waals surface area contributed by atoms with Gasteiger partial charge in [-0.1, -0.05) is 6.08 Å². The third-order valence-electron chi connectivity index (χ3n) is 2.47. The number of methoxy groups -OCH3 is 1. The van der Waals surface area contributed by atoms with Crippen LogP contribution in [0.2, 0.25) is 0 Å². The smallest absolute Gasteiger partial charge is 0.279 e. The van der Waals surface area contributed by atoms with E-state index in [4.69, 9.17) is 4.74 Å². The first-order valence-corrected chi connectivity index (χ1v) is 5.71. The number of nitrogens with zero attached hydrogens (tertiary/aromatic N) is 2. The van der Waals surface area contributed by atoms with E-state index in [9.17, 15) is 4.79 Å². The van der Waals surface area contributed by atoms with E-state index in [1.54, 1.807) is 37.5 Å². The van der Waals surface area contributed by atoms with Crippen LogP contribution in [-0.4, -0.2) is 28.8 Å². The Kier molecular flexibility index (Phi) is 3.92. The highest BCUT2D eigenvalue weighted by Gasteiger charge is 2.07. The monoisotopic (exact) mass is 258 g/mol. The number of hydrogen-bond donors (Lipinski definition) is 2. The summed E-state index contributed by atoms with van der Waals surface area (Å²) >= 11 is 0. The van der Waals surface area contributed by atoms with E-state index in [1.165, 1.54) is 0 Å². The summed E-state index contributed by atoms with van der Waals surface area (Å²) in [5.41, 5.74) is 0.656. The lowest BCUT2D eigenvalue weighted by Gasteiger charge is -2.04. The van der Waals surface area contributed by atoms with E-state index in [-0.39, 0.29) is 11.3 Å². The van der Waals surface area contributed by atoms with Crippen LogP contribution in [0, 0.1) is 0 Å². The summed E-state index contributed by atoms with van der Waals surface area (Å²) in [7, 11) is 1.59. The molecule has 2 N–H and O–H groups in total. The third-order valence-corrected chi connectivity index (χ3v) is 2.47. The van der Waals surface area contributed by atoms with E-state index in [1.807, 2.05) is 0 Å². The molecule has 0 spiro atoms. The Morgan fingerprint density at radius 1 is 1.37 bits per heavy atom. The molecule has 0 atom stereocenters. The zero-order chi connectivity index (χ0) is 13.7. The Bertz CT molecular complexity index is 619. The van der Waals surface area contributed by atoms with Crippen LogP contribution in [0.3, 0.4) is 0 Å². The number of aromatic amines is 1. The molecule has 0 fully saturated rings. The number of benzene rings is 1. The molecular weight excluding hydrogens is 244 g/mol. The maximum atomic E-state index is 11.9. The highest BCUT2D eigenvalue weighted by molar-refractivity contribution is 5.58. The summed E-state index contributed by atoms with van der Waals surface area (Å²) in [4.78, 5) is 14.5. The highest BCUT2D eigenvalue weighted by Crippen LogP contribution is 2.17. The van der Waals surface area contributed by atoms with Crippen molar-refractivity contribution >= 4 is 5.95 Å². The van der Waals surface area contributed by atoms with Gasteiger partial charge in [-0.05, 0) is 24.3 Å². The second-order valence-corrected chi connectivity index (χ2v) is 3.75. The summed E-state index contributed by atoms with van der Waals surface area (Å²) in [6.07, 6.45) is 1.66. The lowest BCUT2D eigenvalue weighted by atomic mass is 10.1. The Balaban J connectivity index is 2.29. The van der Waals surface area contributed by atoms with Crippen LogP contribution >= 0.6 is 0 Å². The predicted octanol–water partition coefficient (Wildman–Crippen LogP) is 1.44. The average Bonchev–Trinajstić information content (AvgIpc) is 2.45. The number of H-pyrrole nitrogens is 1. The standard InChI is InChI=1S/C13H14N4O2/c1-3-8-14-13-15-12(18)11(16-17-13)9-4-6-10(19-2)7-5-9/h3-7H,1,8H2,2H3,(H2,14,15,17,18). The van der Waals surface area contributed by atoms with E-state index in [0.717, 1.165) is 5.75 Å². The zero-order valence-corrected chi connectivity index (χ0v) is 10.5. The molecule has 98 valence electrons. The molecule has 0 aliphatic heterocycles. The van der Waals surface area contributed by atoms with Gasteiger partial charge in [0.25, 0.3) is 5.56 Å². The third kappa shape index (κ3) is 2.98. The molecule has 6 heteroatoms. The van der Waals surface area contributed by atoms with Crippen LogP contribution in [0.1, 0.15) is 0 Å². The fourth-order valence-corrected chi connectivity index (χ4v) is 1.52. The molecule has 0 aliphatic carbocycles. The number of anilines is 1. The Labute approximate surface area is 110 Å². The number of hydrogen-bond acceptors (Lipinski definition) is 5. The minimum absolute atomic E-state index is 0.270. The topological polar surface area (TPSA) is 79.9 Å². The first kappa shape index (κ1) is 12.8. The van der Waals surface area contributed by atoms with Crippen molar-refractivity contribution in [3.8, 4) is 17.0 Å². The fraction of sp³-hybridized carbons (Fsp3) is 0.154. The molecule has 19 heavy (non-hydrogen) atoms. The summed E-state index contributed by atoms with van der Waals surface area (Å²) in [6.45, 7) is 4.07. The zero-order valence-electron chi connectivity index (χ0n) is 10.5. The number of rotatable bonds is 5. The summed E-state index contributed by atoms with van der Waals surface area (Å²) in [6, 6.07) is 7.05. The summed E-state index contributed by atoms with van der Waals surface area (Å²) in [5.74, 6) is 1.04. The van der Waals surface area contributed by atoms with Gasteiger partial charge in [-0.3, -0.25) is 9.78 Å². The average molecular weight is 258 g/mol. The molecular formula is C13H14N4O2. The van der Waals surface area contributed by atoms with E-state index >= 15 is 0 Å². The normalized spacial score (nSPS) is 9.95. The minimum Gasteiger partial charge on any atom is -0.497 e. The number of ether oxygens (including phenoxy) is 1. The van der Waals surface area contributed by atoms with E-state index in [0.29, 0.717) is 18.1 Å². The first-order valence-electron chi connectivity index (χ1n) is 5.71. The molecule has 0 aliphatic rings. The van der Waals surface area contributed by atoms with Gasteiger partial charge in [0.15, 0.2) is 5.69 Å². The van der Waals surface area contributed by atoms with Crippen molar-refractivity contribution in [2.24, 2.45) is 0 Å². The SMILES string of the molecule is C=CCNc1nnc(-c2ccc(OC)cc2)c(=O)[nH]1. The number of nitrogens with one attached hydrogen (secondary N) is 2. The molecule has 0 amide bonds. The number of aromatic nitrogens is 3. The van der Waals surface area contributed by atoms with Gasteiger partial charge in [-0.25, -0.2) is 0 Å². The van der Waals surface area contributed by atoms with Crippen molar-refractivity contribution in [1.29, 1.82) is 0 Å². The predicted molar refractivity (Wildman–Crippen MR) is 73.3 cm³/mol. The Morgan fingerprint density at radius 3 is 2.68 bits per heavy atom. The van der Waals surface area contributed by atoms with Crippen LogP contribution in [0.4, 0.5) is 5.95 Å². The molecule has 1 heterocycles. The van der Waals surface area contributed by atoms with Gasteiger partial charge in [0.2, 0.25) is 5.95 Å². The summed E-state index contributed by atoms with van der Waals surface area (Å²) in [5, 5.41) is 10.7.